The highest BCUT2D eigenvalue weighted by Gasteiger charge is 2.49. The minimum Gasteiger partial charge on any atom is -0.495 e. The molecular weight excluding hydrogens is 276 g/mol. The molecule has 1 aromatic rings. The highest BCUT2D eigenvalue weighted by molar-refractivity contribution is 7.91. The number of hydrogen-bond acceptors (Lipinski definition) is 5. The molecule has 108 valence electrons. The summed E-state index contributed by atoms with van der Waals surface area (Å²) in [7, 11) is -1.74. The Morgan fingerprint density at radius 3 is 2.75 bits per heavy atom. The fourth-order valence-corrected chi connectivity index (χ4v) is 4.40. The lowest BCUT2D eigenvalue weighted by Gasteiger charge is -2.30. The summed E-state index contributed by atoms with van der Waals surface area (Å²) in [5.74, 6) is 0.598. The normalized spacial score (nSPS) is 25.9. The maximum atomic E-state index is 11.9. The first-order valence-corrected chi connectivity index (χ1v) is 8.40. The van der Waals surface area contributed by atoms with Gasteiger partial charge in [0.15, 0.2) is 9.84 Å². The molecule has 0 aromatic heterocycles. The van der Waals surface area contributed by atoms with E-state index in [4.69, 9.17) is 4.74 Å². The third-order valence-electron chi connectivity index (χ3n) is 3.77. The van der Waals surface area contributed by atoms with Gasteiger partial charge < -0.3 is 10.1 Å². The number of methoxy groups -OCH3 is 1. The van der Waals surface area contributed by atoms with E-state index in [2.05, 4.69) is 11.4 Å². The molecule has 0 bridgehead atoms. The molecular formula is C14H18N2O3S. The maximum Gasteiger partial charge on any atom is 0.153 e. The lowest BCUT2D eigenvalue weighted by atomic mass is 9.98. The van der Waals surface area contributed by atoms with Gasteiger partial charge in [0.05, 0.1) is 24.1 Å². The maximum absolute atomic E-state index is 11.9. The van der Waals surface area contributed by atoms with Gasteiger partial charge in [-0.25, -0.2) is 8.42 Å². The van der Waals surface area contributed by atoms with Crippen molar-refractivity contribution in [3.63, 3.8) is 0 Å². The van der Waals surface area contributed by atoms with Crippen molar-refractivity contribution in [2.24, 2.45) is 0 Å². The van der Waals surface area contributed by atoms with Crippen LogP contribution in [0.3, 0.4) is 0 Å². The molecule has 1 saturated carbocycles. The average molecular weight is 294 g/mol. The Labute approximate surface area is 119 Å². The molecule has 1 aromatic carbocycles. The van der Waals surface area contributed by atoms with Gasteiger partial charge in [0.1, 0.15) is 11.3 Å². The van der Waals surface area contributed by atoms with Crippen LogP contribution in [0.15, 0.2) is 24.3 Å². The first-order chi connectivity index (χ1) is 9.43. The standard InChI is InChI=1S/C14H18N2O3S/c1-19-12-7-4-3-6-11(12)16-14(10-15)9-5-8-13(14)20(2,17)18/h3-4,6-7,13,16H,5,8-9H2,1-2H3. The molecule has 1 aliphatic carbocycles. The van der Waals surface area contributed by atoms with E-state index in [0.717, 1.165) is 0 Å². The Morgan fingerprint density at radius 2 is 2.15 bits per heavy atom. The number of sulfone groups is 1. The second-order valence-corrected chi connectivity index (χ2v) is 7.35. The molecule has 6 heteroatoms. The van der Waals surface area contributed by atoms with Crippen molar-refractivity contribution in [1.82, 2.24) is 0 Å². The van der Waals surface area contributed by atoms with Gasteiger partial charge in [0.25, 0.3) is 0 Å². The molecule has 1 N–H and O–H groups in total. The van der Waals surface area contributed by atoms with Crippen LogP contribution in [0.2, 0.25) is 0 Å². The van der Waals surface area contributed by atoms with Gasteiger partial charge in [-0.1, -0.05) is 12.1 Å². The predicted molar refractivity (Wildman–Crippen MR) is 77.4 cm³/mol. The van der Waals surface area contributed by atoms with Gasteiger partial charge in [-0.05, 0) is 31.4 Å². The number of benzene rings is 1. The summed E-state index contributed by atoms with van der Waals surface area (Å²) >= 11 is 0. The summed E-state index contributed by atoms with van der Waals surface area (Å²) < 4.78 is 29.1. The van der Waals surface area contributed by atoms with Gasteiger partial charge in [0.2, 0.25) is 0 Å². The van der Waals surface area contributed by atoms with Crippen LogP contribution in [-0.4, -0.2) is 32.6 Å². The van der Waals surface area contributed by atoms with Gasteiger partial charge in [-0.2, -0.15) is 5.26 Å². The second kappa shape index (κ2) is 5.33. The van der Waals surface area contributed by atoms with Crippen molar-refractivity contribution < 1.29 is 13.2 Å². The first-order valence-electron chi connectivity index (χ1n) is 6.44. The number of para-hydroxylation sites is 2. The zero-order chi connectivity index (χ0) is 14.8. The van der Waals surface area contributed by atoms with Gasteiger partial charge in [0, 0.05) is 6.26 Å². The van der Waals surface area contributed by atoms with Crippen LogP contribution in [0.25, 0.3) is 0 Å². The number of rotatable bonds is 4. The van der Waals surface area contributed by atoms with E-state index in [1.54, 1.807) is 19.2 Å². The summed E-state index contributed by atoms with van der Waals surface area (Å²) in [4.78, 5) is 0. The van der Waals surface area contributed by atoms with Crippen LogP contribution in [0, 0.1) is 11.3 Å². The second-order valence-electron chi connectivity index (χ2n) is 5.12. The smallest absolute Gasteiger partial charge is 0.153 e. The average Bonchev–Trinajstić information content (AvgIpc) is 2.84. The fraction of sp³-hybridized carbons (Fsp3) is 0.500. The van der Waals surface area contributed by atoms with Crippen LogP contribution in [0.1, 0.15) is 19.3 Å². The van der Waals surface area contributed by atoms with Gasteiger partial charge >= 0.3 is 0 Å². The van der Waals surface area contributed by atoms with Crippen molar-refractivity contribution in [2.45, 2.75) is 30.1 Å². The lowest BCUT2D eigenvalue weighted by Crippen LogP contribution is -2.47. The SMILES string of the molecule is COc1ccccc1NC1(C#N)CCCC1S(C)(=O)=O. The topological polar surface area (TPSA) is 79.2 Å². The Bertz CT molecular complexity index is 636. The van der Waals surface area contributed by atoms with Crippen molar-refractivity contribution in [1.29, 1.82) is 5.26 Å². The van der Waals surface area contributed by atoms with Crippen LogP contribution in [-0.2, 0) is 9.84 Å². The molecule has 0 spiro atoms. The molecule has 1 aliphatic rings. The van der Waals surface area contributed by atoms with Crippen molar-refractivity contribution in [3.8, 4) is 11.8 Å². The molecule has 20 heavy (non-hydrogen) atoms. The minimum atomic E-state index is -3.29. The molecule has 0 amide bonds. The summed E-state index contributed by atoms with van der Waals surface area (Å²) in [5.41, 5.74) is -0.436. The summed E-state index contributed by atoms with van der Waals surface area (Å²) in [6.45, 7) is 0. The number of hydrogen-bond donors (Lipinski definition) is 1. The number of nitrogens with one attached hydrogen (secondary N) is 1. The minimum absolute atomic E-state index is 0.508. The van der Waals surface area contributed by atoms with Crippen molar-refractivity contribution >= 4 is 15.5 Å². The van der Waals surface area contributed by atoms with Gasteiger partial charge in [-0.3, -0.25) is 0 Å². The molecule has 2 atom stereocenters. The highest BCUT2D eigenvalue weighted by Crippen LogP contribution is 2.39. The first kappa shape index (κ1) is 14.7. The number of anilines is 1. The molecule has 5 nitrogen and oxygen atoms in total. The van der Waals surface area contributed by atoms with E-state index in [1.165, 1.54) is 6.26 Å². The Hall–Kier alpha value is -1.74. The number of ether oxygens (including phenoxy) is 1. The van der Waals surface area contributed by atoms with Crippen LogP contribution in [0.4, 0.5) is 5.69 Å². The van der Waals surface area contributed by atoms with Crippen LogP contribution < -0.4 is 10.1 Å². The van der Waals surface area contributed by atoms with Crippen molar-refractivity contribution in [2.75, 3.05) is 18.7 Å². The quantitative estimate of drug-likeness (QED) is 0.918. The molecule has 0 saturated heterocycles. The van der Waals surface area contributed by atoms with E-state index >= 15 is 0 Å². The van der Waals surface area contributed by atoms with E-state index < -0.39 is 20.6 Å². The monoisotopic (exact) mass is 294 g/mol. The zero-order valence-corrected chi connectivity index (χ0v) is 12.4. The van der Waals surface area contributed by atoms with E-state index in [0.29, 0.717) is 30.7 Å². The summed E-state index contributed by atoms with van der Waals surface area (Å²) in [6.07, 6.45) is 2.93. The number of nitrogens with zero attached hydrogens (tertiary/aromatic N) is 1. The third kappa shape index (κ3) is 2.59. The fourth-order valence-electron chi connectivity index (χ4n) is 2.84. The lowest BCUT2D eigenvalue weighted by molar-refractivity contribution is 0.415. The van der Waals surface area contributed by atoms with Crippen LogP contribution in [0.5, 0.6) is 5.75 Å². The van der Waals surface area contributed by atoms with Gasteiger partial charge in [-0.15, -0.1) is 0 Å². The third-order valence-corrected chi connectivity index (χ3v) is 5.44. The highest BCUT2D eigenvalue weighted by atomic mass is 32.2. The Morgan fingerprint density at radius 1 is 1.45 bits per heavy atom. The molecule has 2 unspecified atom stereocenters. The molecule has 1 fully saturated rings. The van der Waals surface area contributed by atoms with Crippen molar-refractivity contribution in [3.05, 3.63) is 24.3 Å². The van der Waals surface area contributed by atoms with E-state index in [1.807, 2.05) is 12.1 Å². The molecule has 0 aliphatic heterocycles. The Kier molecular flexibility index (Phi) is 3.91. The summed E-state index contributed by atoms with van der Waals surface area (Å²) in [5, 5.41) is 12.0. The molecule has 0 heterocycles. The van der Waals surface area contributed by atoms with E-state index in [9.17, 15) is 13.7 Å². The zero-order valence-electron chi connectivity index (χ0n) is 11.6. The Balaban J connectivity index is 2.40. The molecule has 2 rings (SSSR count). The summed E-state index contributed by atoms with van der Waals surface area (Å²) in [6, 6.07) is 9.40. The molecule has 0 radical (unpaired) electrons. The number of nitriles is 1. The predicted octanol–water partition coefficient (Wildman–Crippen LogP) is 1.97. The van der Waals surface area contributed by atoms with Crippen LogP contribution >= 0.6 is 0 Å². The van der Waals surface area contributed by atoms with E-state index in [-0.39, 0.29) is 0 Å². The largest absolute Gasteiger partial charge is 0.495 e.